The van der Waals surface area contributed by atoms with E-state index >= 15 is 0 Å². The lowest BCUT2D eigenvalue weighted by molar-refractivity contribution is 0.0932. The zero-order chi connectivity index (χ0) is 11.1. The van der Waals surface area contributed by atoms with E-state index in [1.54, 1.807) is 0 Å². The SMILES string of the molecule is CN(CC1CC1)C1CC(C)(C)CCC1N. The number of nitrogens with zero attached hydrogens (tertiary/aromatic N) is 1. The molecule has 0 saturated heterocycles. The lowest BCUT2D eigenvalue weighted by Gasteiger charge is -2.43. The third kappa shape index (κ3) is 2.94. The van der Waals surface area contributed by atoms with Gasteiger partial charge in [-0.3, -0.25) is 0 Å². The molecule has 0 bridgehead atoms. The molecular formula is C13H26N2. The van der Waals surface area contributed by atoms with Crippen molar-refractivity contribution in [2.45, 2.75) is 58.0 Å². The number of nitrogens with two attached hydrogens (primary N) is 1. The minimum Gasteiger partial charge on any atom is -0.326 e. The Labute approximate surface area is 94.2 Å². The summed E-state index contributed by atoms with van der Waals surface area (Å²) in [4.78, 5) is 2.53. The molecular weight excluding hydrogens is 184 g/mol. The molecule has 0 heterocycles. The summed E-state index contributed by atoms with van der Waals surface area (Å²) in [7, 11) is 2.27. The second-order valence-electron chi connectivity index (χ2n) is 6.52. The van der Waals surface area contributed by atoms with E-state index in [4.69, 9.17) is 5.73 Å². The molecule has 0 aromatic carbocycles. The molecule has 0 amide bonds. The Morgan fingerprint density at radius 2 is 1.93 bits per heavy atom. The summed E-state index contributed by atoms with van der Waals surface area (Å²) in [6.07, 6.45) is 6.65. The van der Waals surface area contributed by atoms with Crippen molar-refractivity contribution >= 4 is 0 Å². The van der Waals surface area contributed by atoms with Gasteiger partial charge in [0, 0.05) is 18.6 Å². The van der Waals surface area contributed by atoms with Crippen LogP contribution in [0.5, 0.6) is 0 Å². The summed E-state index contributed by atoms with van der Waals surface area (Å²) in [6, 6.07) is 1.02. The predicted octanol–water partition coefficient (Wildman–Crippen LogP) is 2.23. The minimum absolute atomic E-state index is 0.404. The van der Waals surface area contributed by atoms with Crippen LogP contribution in [0.3, 0.4) is 0 Å². The highest BCUT2D eigenvalue weighted by Gasteiger charge is 2.36. The second-order valence-corrected chi connectivity index (χ2v) is 6.52. The summed E-state index contributed by atoms with van der Waals surface area (Å²) in [5, 5.41) is 0. The Balaban J connectivity index is 1.91. The molecule has 2 fully saturated rings. The average molecular weight is 210 g/mol. The van der Waals surface area contributed by atoms with Crippen molar-refractivity contribution in [2.24, 2.45) is 17.1 Å². The molecule has 2 saturated carbocycles. The molecule has 2 unspecified atom stereocenters. The van der Waals surface area contributed by atoms with E-state index in [9.17, 15) is 0 Å². The van der Waals surface area contributed by atoms with E-state index < -0.39 is 0 Å². The maximum absolute atomic E-state index is 6.26. The molecule has 15 heavy (non-hydrogen) atoms. The molecule has 2 aliphatic carbocycles. The van der Waals surface area contributed by atoms with Gasteiger partial charge in [0.05, 0.1) is 0 Å². The minimum atomic E-state index is 0.404. The molecule has 2 nitrogen and oxygen atoms in total. The van der Waals surface area contributed by atoms with E-state index in [1.165, 1.54) is 38.6 Å². The fraction of sp³-hybridized carbons (Fsp3) is 1.00. The molecule has 0 aliphatic heterocycles. The molecule has 0 aromatic heterocycles. The van der Waals surface area contributed by atoms with Gasteiger partial charge in [-0.1, -0.05) is 13.8 Å². The number of hydrogen-bond donors (Lipinski definition) is 1. The number of hydrogen-bond acceptors (Lipinski definition) is 2. The highest BCUT2D eigenvalue weighted by atomic mass is 15.2. The number of likely N-dealkylation sites (N-methyl/N-ethyl adjacent to an activating group) is 1. The lowest BCUT2D eigenvalue weighted by atomic mass is 9.72. The van der Waals surface area contributed by atoms with Crippen LogP contribution in [-0.2, 0) is 0 Å². The van der Waals surface area contributed by atoms with Crippen molar-refractivity contribution in [1.82, 2.24) is 4.90 Å². The maximum atomic E-state index is 6.26. The Kier molecular flexibility index (Phi) is 3.09. The highest BCUT2D eigenvalue weighted by molar-refractivity contribution is 4.93. The Hall–Kier alpha value is -0.0800. The van der Waals surface area contributed by atoms with Crippen LogP contribution >= 0.6 is 0 Å². The highest BCUT2D eigenvalue weighted by Crippen LogP contribution is 2.38. The van der Waals surface area contributed by atoms with E-state index in [2.05, 4.69) is 25.8 Å². The Bertz CT molecular complexity index is 221. The summed E-state index contributed by atoms with van der Waals surface area (Å²) < 4.78 is 0. The Morgan fingerprint density at radius 1 is 1.27 bits per heavy atom. The van der Waals surface area contributed by atoms with E-state index in [-0.39, 0.29) is 0 Å². The molecule has 2 atom stereocenters. The summed E-state index contributed by atoms with van der Waals surface area (Å²) in [6.45, 7) is 6.04. The van der Waals surface area contributed by atoms with Crippen LogP contribution in [0.1, 0.15) is 46.0 Å². The summed E-state index contributed by atoms with van der Waals surface area (Å²) in [5.41, 5.74) is 6.75. The van der Waals surface area contributed by atoms with Gasteiger partial charge < -0.3 is 10.6 Å². The third-order valence-corrected chi connectivity index (χ3v) is 4.22. The van der Waals surface area contributed by atoms with Gasteiger partial charge in [-0.05, 0) is 50.5 Å². The van der Waals surface area contributed by atoms with Crippen LogP contribution in [0, 0.1) is 11.3 Å². The van der Waals surface area contributed by atoms with Gasteiger partial charge in [-0.25, -0.2) is 0 Å². The molecule has 2 rings (SSSR count). The van der Waals surface area contributed by atoms with Gasteiger partial charge in [0.15, 0.2) is 0 Å². The van der Waals surface area contributed by atoms with Crippen LogP contribution < -0.4 is 5.73 Å². The molecule has 2 heteroatoms. The van der Waals surface area contributed by atoms with Crippen LogP contribution in [0.2, 0.25) is 0 Å². The largest absolute Gasteiger partial charge is 0.326 e. The molecule has 2 N–H and O–H groups in total. The van der Waals surface area contributed by atoms with Crippen LogP contribution in [-0.4, -0.2) is 30.6 Å². The van der Waals surface area contributed by atoms with Gasteiger partial charge in [0.1, 0.15) is 0 Å². The summed E-state index contributed by atoms with van der Waals surface area (Å²) in [5.74, 6) is 0.979. The molecule has 2 aliphatic rings. The van der Waals surface area contributed by atoms with Crippen LogP contribution in [0.4, 0.5) is 0 Å². The van der Waals surface area contributed by atoms with Crippen LogP contribution in [0.15, 0.2) is 0 Å². The first-order valence-corrected chi connectivity index (χ1v) is 6.44. The maximum Gasteiger partial charge on any atom is 0.0249 e. The zero-order valence-corrected chi connectivity index (χ0v) is 10.5. The van der Waals surface area contributed by atoms with Crippen molar-refractivity contribution in [3.05, 3.63) is 0 Å². The van der Waals surface area contributed by atoms with Gasteiger partial charge in [-0.15, -0.1) is 0 Å². The normalized spacial score (nSPS) is 35.8. The Morgan fingerprint density at radius 3 is 2.53 bits per heavy atom. The second kappa shape index (κ2) is 4.06. The molecule has 0 spiro atoms. The van der Waals surface area contributed by atoms with Gasteiger partial charge in [0.25, 0.3) is 0 Å². The van der Waals surface area contributed by atoms with Crippen molar-refractivity contribution < 1.29 is 0 Å². The first kappa shape index (κ1) is 11.4. The first-order chi connectivity index (χ1) is 6.98. The zero-order valence-electron chi connectivity index (χ0n) is 10.5. The predicted molar refractivity (Wildman–Crippen MR) is 64.7 cm³/mol. The molecule has 88 valence electrons. The average Bonchev–Trinajstić information content (AvgIpc) is 2.93. The van der Waals surface area contributed by atoms with Crippen molar-refractivity contribution in [3.8, 4) is 0 Å². The van der Waals surface area contributed by atoms with E-state index in [0.29, 0.717) is 17.5 Å². The fourth-order valence-electron chi connectivity index (χ4n) is 2.90. The summed E-state index contributed by atoms with van der Waals surface area (Å²) >= 11 is 0. The quantitative estimate of drug-likeness (QED) is 0.774. The topological polar surface area (TPSA) is 29.3 Å². The van der Waals surface area contributed by atoms with E-state index in [1.807, 2.05) is 0 Å². The smallest absolute Gasteiger partial charge is 0.0249 e. The lowest BCUT2D eigenvalue weighted by Crippen LogP contribution is -2.52. The van der Waals surface area contributed by atoms with E-state index in [0.717, 1.165) is 5.92 Å². The molecule has 0 radical (unpaired) electrons. The van der Waals surface area contributed by atoms with Crippen molar-refractivity contribution in [2.75, 3.05) is 13.6 Å². The van der Waals surface area contributed by atoms with Crippen molar-refractivity contribution in [1.29, 1.82) is 0 Å². The van der Waals surface area contributed by atoms with Crippen LogP contribution in [0.25, 0.3) is 0 Å². The van der Waals surface area contributed by atoms with Gasteiger partial charge in [-0.2, -0.15) is 0 Å². The first-order valence-electron chi connectivity index (χ1n) is 6.44. The molecule has 0 aromatic rings. The fourth-order valence-corrected chi connectivity index (χ4v) is 2.90. The van der Waals surface area contributed by atoms with Crippen molar-refractivity contribution in [3.63, 3.8) is 0 Å². The monoisotopic (exact) mass is 210 g/mol. The standard InChI is InChI=1S/C13H26N2/c1-13(2)7-6-11(14)12(8-13)15(3)9-10-4-5-10/h10-12H,4-9,14H2,1-3H3. The van der Waals surface area contributed by atoms with Gasteiger partial charge in [0.2, 0.25) is 0 Å². The third-order valence-electron chi connectivity index (χ3n) is 4.22. The number of rotatable bonds is 3. The van der Waals surface area contributed by atoms with Gasteiger partial charge >= 0.3 is 0 Å².